The van der Waals surface area contributed by atoms with Crippen molar-refractivity contribution in [3.05, 3.63) is 66.1 Å². The van der Waals surface area contributed by atoms with Crippen LogP contribution >= 0.6 is 11.3 Å². The fourth-order valence-corrected chi connectivity index (χ4v) is 4.12. The third kappa shape index (κ3) is 4.65. The summed E-state index contributed by atoms with van der Waals surface area (Å²) in [6, 6.07) is 12.4. The second kappa shape index (κ2) is 9.91. The number of amides is 2. The standard InChI is InChI=1S/C22H17FN4O3S.Li/c1-2-24-21(30)27-22-26-18-17(23)14(12-6-5-7-13(10-12)20(28)29)11-15(19(18)31-22)16-8-3-4-9-25-16;/h3-11H,2H2,1H3,(H,28,29)(H2,24,26,27,30);/q;+1/p-1. The number of halogens is 1. The quantitative estimate of drug-likeness (QED) is 0.442. The molecular weight excluding hydrogens is 426 g/mol. The van der Waals surface area contributed by atoms with Crippen molar-refractivity contribution in [3.63, 3.8) is 0 Å². The maximum Gasteiger partial charge on any atom is 1.00 e. The molecule has 2 amide bonds. The second-order valence-electron chi connectivity index (χ2n) is 6.55. The topological polar surface area (TPSA) is 107 Å². The van der Waals surface area contributed by atoms with Gasteiger partial charge in [0.1, 0.15) is 5.52 Å². The summed E-state index contributed by atoms with van der Waals surface area (Å²) in [5.41, 5.74) is 1.75. The Kier molecular flexibility index (Phi) is 7.25. The van der Waals surface area contributed by atoms with E-state index in [1.165, 1.54) is 18.2 Å². The summed E-state index contributed by atoms with van der Waals surface area (Å²) in [7, 11) is 0. The summed E-state index contributed by atoms with van der Waals surface area (Å²) in [5.74, 6) is -1.97. The number of thiazole rings is 1. The Morgan fingerprint density at radius 2 is 1.94 bits per heavy atom. The van der Waals surface area contributed by atoms with Gasteiger partial charge in [-0.05, 0) is 42.3 Å². The number of nitrogens with one attached hydrogen (secondary N) is 2. The van der Waals surface area contributed by atoms with Gasteiger partial charge in [0, 0.05) is 23.9 Å². The number of aromatic nitrogens is 2. The molecule has 0 bridgehead atoms. The smallest absolute Gasteiger partial charge is 0.545 e. The van der Waals surface area contributed by atoms with Gasteiger partial charge in [0.15, 0.2) is 10.9 Å². The first-order chi connectivity index (χ1) is 15.0. The van der Waals surface area contributed by atoms with E-state index in [-0.39, 0.29) is 40.6 Å². The number of rotatable bonds is 5. The van der Waals surface area contributed by atoms with Gasteiger partial charge in [-0.3, -0.25) is 10.3 Å². The van der Waals surface area contributed by atoms with Crippen LogP contribution in [0.5, 0.6) is 0 Å². The van der Waals surface area contributed by atoms with Gasteiger partial charge in [-0.1, -0.05) is 35.6 Å². The normalized spacial score (nSPS) is 10.4. The van der Waals surface area contributed by atoms with Crippen LogP contribution in [0.3, 0.4) is 0 Å². The van der Waals surface area contributed by atoms with Crippen LogP contribution in [-0.4, -0.2) is 28.5 Å². The number of hydrogen-bond acceptors (Lipinski definition) is 6. The number of carboxylic acids is 1. The van der Waals surface area contributed by atoms with E-state index < -0.39 is 17.8 Å². The van der Waals surface area contributed by atoms with Crippen molar-refractivity contribution in [2.24, 2.45) is 0 Å². The summed E-state index contributed by atoms with van der Waals surface area (Å²) in [6.45, 7) is 2.22. The molecule has 4 aromatic rings. The van der Waals surface area contributed by atoms with Crippen LogP contribution in [0.15, 0.2) is 54.7 Å². The zero-order valence-corrected chi connectivity index (χ0v) is 18.1. The molecule has 0 saturated heterocycles. The van der Waals surface area contributed by atoms with Gasteiger partial charge in [-0.15, -0.1) is 0 Å². The van der Waals surface area contributed by atoms with Crippen LogP contribution < -0.4 is 34.6 Å². The summed E-state index contributed by atoms with van der Waals surface area (Å²) in [6.07, 6.45) is 1.62. The molecule has 2 aromatic heterocycles. The van der Waals surface area contributed by atoms with Gasteiger partial charge in [-0.2, -0.15) is 0 Å². The molecule has 156 valence electrons. The van der Waals surface area contributed by atoms with Gasteiger partial charge < -0.3 is 15.2 Å². The second-order valence-corrected chi connectivity index (χ2v) is 7.55. The van der Waals surface area contributed by atoms with Crippen LogP contribution in [0.2, 0.25) is 0 Å². The summed E-state index contributed by atoms with van der Waals surface area (Å²) in [4.78, 5) is 31.8. The van der Waals surface area contributed by atoms with Gasteiger partial charge in [-0.25, -0.2) is 14.2 Å². The molecule has 0 aliphatic carbocycles. The average Bonchev–Trinajstić information content (AvgIpc) is 3.19. The Hall–Kier alpha value is -3.25. The molecule has 0 spiro atoms. The fourth-order valence-electron chi connectivity index (χ4n) is 3.14. The van der Waals surface area contributed by atoms with Crippen LogP contribution in [0, 0.1) is 5.82 Å². The Balaban J connectivity index is 0.00000289. The molecule has 2 aromatic carbocycles. The van der Waals surface area contributed by atoms with E-state index in [1.807, 2.05) is 6.07 Å². The maximum atomic E-state index is 15.5. The fraction of sp³-hybridized carbons (Fsp3) is 0.0909. The van der Waals surface area contributed by atoms with Crippen molar-refractivity contribution in [2.45, 2.75) is 6.92 Å². The molecule has 0 saturated carbocycles. The summed E-state index contributed by atoms with van der Waals surface area (Å²) >= 11 is 1.13. The number of pyridine rings is 1. The van der Waals surface area contributed by atoms with E-state index in [2.05, 4.69) is 20.6 Å². The first kappa shape index (κ1) is 23.4. The molecular formula is C22H16FLiN4O3S. The van der Waals surface area contributed by atoms with Crippen molar-refractivity contribution in [1.82, 2.24) is 15.3 Å². The number of carbonyl (C=O) groups is 2. The predicted molar refractivity (Wildman–Crippen MR) is 115 cm³/mol. The number of benzene rings is 2. The number of anilines is 1. The maximum absolute atomic E-state index is 15.5. The number of urea groups is 1. The van der Waals surface area contributed by atoms with Gasteiger partial charge >= 0.3 is 24.9 Å². The van der Waals surface area contributed by atoms with Crippen molar-refractivity contribution < 1.29 is 37.9 Å². The molecule has 32 heavy (non-hydrogen) atoms. The molecule has 2 N–H and O–H groups in total. The summed E-state index contributed by atoms with van der Waals surface area (Å²) in [5, 5.41) is 16.7. The molecule has 7 nitrogen and oxygen atoms in total. The minimum Gasteiger partial charge on any atom is -0.545 e. The summed E-state index contributed by atoms with van der Waals surface area (Å²) < 4.78 is 16.0. The van der Waals surface area contributed by atoms with Crippen LogP contribution in [0.25, 0.3) is 32.6 Å². The first-order valence-electron chi connectivity index (χ1n) is 9.39. The van der Waals surface area contributed by atoms with Crippen molar-refractivity contribution in [3.8, 4) is 22.4 Å². The van der Waals surface area contributed by atoms with Crippen LogP contribution in [-0.2, 0) is 0 Å². The number of aromatic carboxylic acids is 1. The van der Waals surface area contributed by atoms with Crippen molar-refractivity contribution in [1.29, 1.82) is 0 Å². The molecule has 10 heteroatoms. The Labute approximate surface area is 198 Å². The minimum absolute atomic E-state index is 0. The molecule has 0 aliphatic rings. The zero-order valence-electron chi connectivity index (χ0n) is 17.3. The molecule has 2 heterocycles. The molecule has 0 unspecified atom stereocenters. The third-order valence-corrected chi connectivity index (χ3v) is 5.52. The van der Waals surface area contributed by atoms with E-state index >= 15 is 4.39 Å². The number of carbonyl (C=O) groups excluding carboxylic acids is 2. The SMILES string of the molecule is CCNC(=O)Nc1nc2c(F)c(-c3cccc(C(=O)[O-])c3)cc(-c3ccccn3)c2s1.[Li+]. The number of fused-ring (bicyclic) bond motifs is 1. The van der Waals surface area contributed by atoms with E-state index in [1.54, 1.807) is 37.4 Å². The Bertz CT molecular complexity index is 1300. The minimum atomic E-state index is -1.35. The van der Waals surface area contributed by atoms with Gasteiger partial charge in [0.05, 0.1) is 16.4 Å². The average molecular weight is 442 g/mol. The molecule has 0 aliphatic heterocycles. The van der Waals surface area contributed by atoms with E-state index in [0.717, 1.165) is 11.3 Å². The largest absolute Gasteiger partial charge is 1.00 e. The first-order valence-corrected chi connectivity index (χ1v) is 10.2. The van der Waals surface area contributed by atoms with E-state index in [9.17, 15) is 14.7 Å². The predicted octanol–water partition coefficient (Wildman–Crippen LogP) is 0.673. The van der Waals surface area contributed by atoms with Crippen LogP contribution in [0.4, 0.5) is 14.3 Å². The number of hydrogen-bond donors (Lipinski definition) is 2. The zero-order chi connectivity index (χ0) is 22.0. The van der Waals surface area contributed by atoms with Crippen LogP contribution in [0.1, 0.15) is 17.3 Å². The third-order valence-electron chi connectivity index (χ3n) is 4.51. The molecule has 0 radical (unpaired) electrons. The van der Waals surface area contributed by atoms with Crippen molar-refractivity contribution in [2.75, 3.05) is 11.9 Å². The molecule has 0 atom stereocenters. The molecule has 4 rings (SSSR count). The number of carboxylic acid groups (broad SMARTS) is 1. The Morgan fingerprint density at radius 1 is 1.12 bits per heavy atom. The van der Waals surface area contributed by atoms with Gasteiger partial charge in [0.2, 0.25) is 0 Å². The van der Waals surface area contributed by atoms with E-state index in [4.69, 9.17) is 0 Å². The monoisotopic (exact) mass is 442 g/mol. The Morgan fingerprint density at radius 3 is 2.62 bits per heavy atom. The van der Waals surface area contributed by atoms with Crippen molar-refractivity contribution >= 4 is 38.7 Å². The molecule has 0 fully saturated rings. The number of nitrogens with zero attached hydrogens (tertiary/aromatic N) is 2. The van der Waals surface area contributed by atoms with E-state index in [0.29, 0.717) is 28.1 Å². The van der Waals surface area contributed by atoms with Gasteiger partial charge in [0.25, 0.3) is 0 Å².